The van der Waals surface area contributed by atoms with Crippen LogP contribution in [0.3, 0.4) is 0 Å². The smallest absolute Gasteiger partial charge is 0.250 e. The minimum Gasteiger partial charge on any atom is -0.497 e. The van der Waals surface area contributed by atoms with Gasteiger partial charge < -0.3 is 15.0 Å². The zero-order valence-corrected chi connectivity index (χ0v) is 20.3. The van der Waals surface area contributed by atoms with Crippen LogP contribution in [0, 0.1) is 17.7 Å². The second-order valence-electron chi connectivity index (χ2n) is 9.98. The fraction of sp³-hybridized carbons (Fsp3) is 0.207. The lowest BCUT2D eigenvalue weighted by Crippen LogP contribution is -2.53. The number of fused-ring (bicyclic) bond motifs is 5. The molecule has 3 amide bonds. The highest BCUT2D eigenvalue weighted by Crippen LogP contribution is 2.54. The lowest BCUT2D eigenvalue weighted by Gasteiger charge is -2.29. The number of methoxy groups -OCH3 is 1. The Bertz CT molecular complexity index is 1650. The number of halogens is 1. The van der Waals surface area contributed by atoms with Gasteiger partial charge in [0.1, 0.15) is 17.1 Å². The molecule has 9 heteroatoms. The number of amides is 3. The van der Waals surface area contributed by atoms with E-state index in [0.29, 0.717) is 29.1 Å². The predicted molar refractivity (Wildman–Crippen MR) is 138 cm³/mol. The number of aromatic nitrogens is 1. The monoisotopic (exact) mass is 510 g/mol. The van der Waals surface area contributed by atoms with Gasteiger partial charge in [-0.25, -0.2) is 9.29 Å². The molecular weight excluding hydrogens is 487 g/mol. The molecular formula is C29H23FN4O4. The second-order valence-corrected chi connectivity index (χ2v) is 9.98. The number of carbonyl (C=O) groups excluding carboxylic acids is 3. The van der Waals surface area contributed by atoms with E-state index >= 15 is 0 Å². The Morgan fingerprint density at radius 2 is 1.79 bits per heavy atom. The third-order valence-corrected chi connectivity index (χ3v) is 8.12. The number of nitrogens with one attached hydrogen (secondary N) is 3. The SMILES string of the molecule is COc1ccc(N2C(=O)[C@@H]3[C@H](Cc4c[nH]c5ccccc45)N[C@@]4(C(=O)Nc5ccc(F)cc54)[C@@H]3C2=O)cc1. The average Bonchev–Trinajstić information content (AvgIpc) is 3.63. The lowest BCUT2D eigenvalue weighted by atomic mass is 9.76. The maximum absolute atomic E-state index is 14.5. The van der Waals surface area contributed by atoms with Gasteiger partial charge in [0.2, 0.25) is 17.7 Å². The van der Waals surface area contributed by atoms with Crippen LogP contribution in [0.2, 0.25) is 0 Å². The number of anilines is 2. The van der Waals surface area contributed by atoms with Gasteiger partial charge in [0.05, 0.1) is 24.6 Å². The fourth-order valence-corrected chi connectivity index (χ4v) is 6.47. The van der Waals surface area contributed by atoms with Crippen LogP contribution in [-0.4, -0.2) is 35.9 Å². The highest BCUT2D eigenvalue weighted by Gasteiger charge is 2.70. The quantitative estimate of drug-likeness (QED) is 0.365. The minimum absolute atomic E-state index is 0.344. The summed E-state index contributed by atoms with van der Waals surface area (Å²) in [5, 5.41) is 7.18. The summed E-state index contributed by atoms with van der Waals surface area (Å²) in [5.41, 5.74) is 1.50. The zero-order chi connectivity index (χ0) is 26.2. The lowest BCUT2D eigenvalue weighted by molar-refractivity contribution is -0.130. The molecule has 4 aromatic rings. The van der Waals surface area contributed by atoms with Crippen molar-refractivity contribution in [3.8, 4) is 5.75 Å². The van der Waals surface area contributed by atoms with E-state index in [0.717, 1.165) is 21.4 Å². The van der Waals surface area contributed by atoms with Gasteiger partial charge >= 0.3 is 0 Å². The Labute approximate surface area is 216 Å². The summed E-state index contributed by atoms with van der Waals surface area (Å²) in [5.74, 6) is -3.17. The van der Waals surface area contributed by atoms with Crippen molar-refractivity contribution in [3.05, 3.63) is 89.9 Å². The zero-order valence-electron chi connectivity index (χ0n) is 20.3. The van der Waals surface area contributed by atoms with Crippen LogP contribution >= 0.6 is 0 Å². The highest BCUT2D eigenvalue weighted by molar-refractivity contribution is 6.25. The second kappa shape index (κ2) is 8.00. The van der Waals surface area contributed by atoms with Crippen molar-refractivity contribution in [1.29, 1.82) is 0 Å². The molecule has 0 radical (unpaired) electrons. The van der Waals surface area contributed by atoms with Crippen LogP contribution in [0.5, 0.6) is 5.75 Å². The number of hydrogen-bond donors (Lipinski definition) is 3. The number of H-pyrrole nitrogens is 1. The van der Waals surface area contributed by atoms with E-state index in [9.17, 15) is 18.8 Å². The number of nitrogens with zero attached hydrogens (tertiary/aromatic N) is 1. The van der Waals surface area contributed by atoms with E-state index in [-0.39, 0.29) is 0 Å². The van der Waals surface area contributed by atoms with Gasteiger partial charge in [0.15, 0.2) is 0 Å². The number of hydrogen-bond acceptors (Lipinski definition) is 5. The molecule has 0 unspecified atom stereocenters. The number of rotatable bonds is 4. The van der Waals surface area contributed by atoms with Crippen LogP contribution in [0.25, 0.3) is 10.9 Å². The number of carbonyl (C=O) groups is 3. The molecule has 0 saturated carbocycles. The highest BCUT2D eigenvalue weighted by atomic mass is 19.1. The first-order chi connectivity index (χ1) is 18.4. The van der Waals surface area contributed by atoms with Gasteiger partial charge in [-0.1, -0.05) is 18.2 Å². The summed E-state index contributed by atoms with van der Waals surface area (Å²) in [4.78, 5) is 46.1. The molecule has 3 aliphatic rings. The summed E-state index contributed by atoms with van der Waals surface area (Å²) < 4.78 is 19.7. The number of aromatic amines is 1. The first-order valence-electron chi connectivity index (χ1n) is 12.4. The first kappa shape index (κ1) is 22.7. The van der Waals surface area contributed by atoms with Crippen molar-refractivity contribution in [1.82, 2.24) is 10.3 Å². The van der Waals surface area contributed by atoms with Crippen LogP contribution in [0.15, 0.2) is 72.9 Å². The van der Waals surface area contributed by atoms with Crippen molar-refractivity contribution in [2.75, 3.05) is 17.3 Å². The maximum Gasteiger partial charge on any atom is 0.250 e. The Morgan fingerprint density at radius 1 is 1.00 bits per heavy atom. The third kappa shape index (κ3) is 2.96. The summed E-state index contributed by atoms with van der Waals surface area (Å²) in [7, 11) is 1.53. The summed E-state index contributed by atoms with van der Waals surface area (Å²) in [6.45, 7) is 0. The molecule has 3 aliphatic heterocycles. The van der Waals surface area contributed by atoms with Gasteiger partial charge in [-0.05, 0) is 60.5 Å². The average molecular weight is 511 g/mol. The molecule has 3 aromatic carbocycles. The van der Waals surface area contributed by atoms with Crippen LogP contribution < -0.4 is 20.3 Å². The number of imide groups is 1. The van der Waals surface area contributed by atoms with E-state index in [4.69, 9.17) is 4.74 Å². The van der Waals surface area contributed by atoms with Crippen molar-refractivity contribution >= 4 is 40.0 Å². The normalized spacial score (nSPS) is 25.8. The minimum atomic E-state index is -1.58. The molecule has 1 spiro atoms. The summed E-state index contributed by atoms with van der Waals surface area (Å²) in [6, 6.07) is 17.9. The predicted octanol–water partition coefficient (Wildman–Crippen LogP) is 3.48. The molecule has 190 valence electrons. The van der Waals surface area contributed by atoms with E-state index in [1.165, 1.54) is 25.3 Å². The topological polar surface area (TPSA) is 104 Å². The van der Waals surface area contributed by atoms with E-state index in [1.807, 2.05) is 30.5 Å². The number of para-hydroxylation sites is 1. The Morgan fingerprint density at radius 3 is 2.58 bits per heavy atom. The largest absolute Gasteiger partial charge is 0.497 e. The molecule has 1 aromatic heterocycles. The van der Waals surface area contributed by atoms with Gasteiger partial charge in [0, 0.05) is 34.4 Å². The standard InChI is InChI=1S/C29H23FN4O4/c1-38-18-9-7-17(8-10-18)34-26(35)24-23(12-15-14-31-21-5-3-2-4-19(15)21)33-29(25(24)27(34)36)20-13-16(30)6-11-22(20)32-28(29)37/h2-11,13-14,23-25,31,33H,12H2,1H3,(H,32,37)/t23-,24+,25-,29+/m0/s1. The van der Waals surface area contributed by atoms with Crippen molar-refractivity contribution in [3.63, 3.8) is 0 Å². The molecule has 7 rings (SSSR count). The summed E-state index contributed by atoms with van der Waals surface area (Å²) >= 11 is 0. The Balaban J connectivity index is 1.37. The molecule has 2 saturated heterocycles. The van der Waals surface area contributed by atoms with E-state index < -0.39 is 47.0 Å². The van der Waals surface area contributed by atoms with Crippen LogP contribution in [0.1, 0.15) is 11.1 Å². The van der Waals surface area contributed by atoms with Gasteiger partial charge in [-0.2, -0.15) is 0 Å². The summed E-state index contributed by atoms with van der Waals surface area (Å²) in [6.07, 6.45) is 2.28. The Hall–Kier alpha value is -4.50. The van der Waals surface area contributed by atoms with Crippen molar-refractivity contribution in [2.24, 2.45) is 11.8 Å². The molecule has 2 fully saturated rings. The molecule has 4 heterocycles. The molecule has 38 heavy (non-hydrogen) atoms. The Kier molecular flexibility index (Phi) is 4.77. The molecule has 0 aliphatic carbocycles. The van der Waals surface area contributed by atoms with Gasteiger partial charge in [0.25, 0.3) is 0 Å². The van der Waals surface area contributed by atoms with Crippen LogP contribution in [-0.2, 0) is 26.3 Å². The number of ether oxygens (including phenoxy) is 1. The van der Waals surface area contributed by atoms with E-state index in [1.54, 1.807) is 24.3 Å². The van der Waals surface area contributed by atoms with E-state index in [2.05, 4.69) is 15.6 Å². The maximum atomic E-state index is 14.5. The molecule has 3 N–H and O–H groups in total. The van der Waals surface area contributed by atoms with Gasteiger partial charge in [-0.15, -0.1) is 0 Å². The molecule has 8 nitrogen and oxygen atoms in total. The molecule has 0 bridgehead atoms. The third-order valence-electron chi connectivity index (χ3n) is 8.12. The molecule has 4 atom stereocenters. The van der Waals surface area contributed by atoms with Crippen LogP contribution in [0.4, 0.5) is 15.8 Å². The van der Waals surface area contributed by atoms with Gasteiger partial charge in [-0.3, -0.25) is 19.7 Å². The van der Waals surface area contributed by atoms with Crippen molar-refractivity contribution in [2.45, 2.75) is 18.0 Å². The van der Waals surface area contributed by atoms with Crippen molar-refractivity contribution < 1.29 is 23.5 Å². The fourth-order valence-electron chi connectivity index (χ4n) is 6.47. The number of benzene rings is 3. The first-order valence-corrected chi connectivity index (χ1v) is 12.4.